The zero-order valence-corrected chi connectivity index (χ0v) is 17.0. The van der Waals surface area contributed by atoms with Crippen molar-refractivity contribution < 1.29 is 18.7 Å². The van der Waals surface area contributed by atoms with E-state index in [2.05, 4.69) is 5.32 Å². The van der Waals surface area contributed by atoms with Gasteiger partial charge in [-0.25, -0.2) is 8.78 Å². The molecule has 1 aromatic heterocycles. The predicted molar refractivity (Wildman–Crippen MR) is 115 cm³/mol. The molecule has 162 valence electrons. The lowest BCUT2D eigenvalue weighted by molar-refractivity contribution is 0.100. The fourth-order valence-corrected chi connectivity index (χ4v) is 4.15. The summed E-state index contributed by atoms with van der Waals surface area (Å²) in [6.07, 6.45) is 4.63. The highest BCUT2D eigenvalue weighted by molar-refractivity contribution is 5.99. The molecule has 5 nitrogen and oxygen atoms in total. The molecule has 1 heterocycles. The van der Waals surface area contributed by atoms with Crippen molar-refractivity contribution in [3.05, 3.63) is 83.2 Å². The average Bonchev–Trinajstić information content (AvgIpc) is 3.20. The SMILES string of the molecule is NC(=O)c1ccc(-n2cccc2Cc2c(F)cccc2F)cc1N[C@H]1CC[C@H](O)CC1. The van der Waals surface area contributed by atoms with E-state index in [-0.39, 0.29) is 24.1 Å². The number of aliphatic hydroxyl groups excluding tert-OH is 1. The number of benzene rings is 2. The van der Waals surface area contributed by atoms with Gasteiger partial charge in [0.2, 0.25) is 0 Å². The fraction of sp³-hybridized carbons (Fsp3) is 0.292. The molecule has 4 N–H and O–H groups in total. The smallest absolute Gasteiger partial charge is 0.250 e. The highest BCUT2D eigenvalue weighted by atomic mass is 19.1. The number of hydrogen-bond acceptors (Lipinski definition) is 3. The van der Waals surface area contributed by atoms with Gasteiger partial charge in [0.25, 0.3) is 5.91 Å². The second-order valence-electron chi connectivity index (χ2n) is 7.99. The van der Waals surface area contributed by atoms with Gasteiger partial charge in [0.1, 0.15) is 11.6 Å². The lowest BCUT2D eigenvalue weighted by atomic mass is 9.92. The Morgan fingerprint density at radius 1 is 1.06 bits per heavy atom. The quantitative estimate of drug-likeness (QED) is 0.555. The van der Waals surface area contributed by atoms with Crippen LogP contribution in [0.15, 0.2) is 54.7 Å². The standard InChI is InChI=1S/C24H25F2N3O2/c25-21-4-1-5-22(26)20(21)13-16-3-2-12-29(16)17-8-11-19(24(27)31)23(14-17)28-15-6-9-18(30)10-7-15/h1-5,8,11-12,14-15,18,28,30H,6-7,9-10,13H2,(H2,27,31)/t15-,18-. The Morgan fingerprint density at radius 2 is 1.77 bits per heavy atom. The first kappa shape index (κ1) is 21.1. The summed E-state index contributed by atoms with van der Waals surface area (Å²) in [7, 11) is 0. The zero-order chi connectivity index (χ0) is 22.0. The van der Waals surface area contributed by atoms with Crippen LogP contribution in [0.5, 0.6) is 0 Å². The number of nitrogens with zero attached hydrogens (tertiary/aromatic N) is 1. The Morgan fingerprint density at radius 3 is 2.45 bits per heavy atom. The van der Waals surface area contributed by atoms with E-state index in [4.69, 9.17) is 5.73 Å². The van der Waals surface area contributed by atoms with Crippen LogP contribution in [0.3, 0.4) is 0 Å². The molecule has 1 saturated carbocycles. The maximum atomic E-state index is 14.1. The molecule has 0 radical (unpaired) electrons. The maximum absolute atomic E-state index is 14.1. The van der Waals surface area contributed by atoms with Crippen LogP contribution in [0.2, 0.25) is 0 Å². The number of anilines is 1. The number of hydrogen-bond donors (Lipinski definition) is 3. The largest absolute Gasteiger partial charge is 0.393 e. The van der Waals surface area contributed by atoms with Gasteiger partial charge in [-0.3, -0.25) is 4.79 Å². The Balaban J connectivity index is 1.65. The molecule has 3 aromatic rings. The third-order valence-corrected chi connectivity index (χ3v) is 5.86. The third kappa shape index (κ3) is 4.61. The van der Waals surface area contributed by atoms with Crippen molar-refractivity contribution in [3.8, 4) is 5.69 Å². The molecule has 0 bridgehead atoms. The summed E-state index contributed by atoms with van der Waals surface area (Å²) in [5, 5.41) is 13.1. The van der Waals surface area contributed by atoms with E-state index in [9.17, 15) is 18.7 Å². The van der Waals surface area contributed by atoms with Gasteiger partial charge in [0.05, 0.1) is 11.7 Å². The van der Waals surface area contributed by atoms with E-state index in [1.54, 1.807) is 12.1 Å². The summed E-state index contributed by atoms with van der Waals surface area (Å²) in [4.78, 5) is 11.9. The summed E-state index contributed by atoms with van der Waals surface area (Å²) >= 11 is 0. The second kappa shape index (κ2) is 8.89. The molecule has 4 rings (SSSR count). The number of nitrogens with one attached hydrogen (secondary N) is 1. The van der Waals surface area contributed by atoms with Gasteiger partial charge in [-0.05, 0) is 68.1 Å². The fourth-order valence-electron chi connectivity index (χ4n) is 4.15. The number of primary amides is 1. The molecule has 0 spiro atoms. The first-order valence-corrected chi connectivity index (χ1v) is 10.4. The van der Waals surface area contributed by atoms with Crippen LogP contribution in [0.1, 0.15) is 47.3 Å². The van der Waals surface area contributed by atoms with E-state index in [0.717, 1.165) is 18.5 Å². The summed E-state index contributed by atoms with van der Waals surface area (Å²) in [5.41, 5.74) is 8.03. The molecular weight excluding hydrogens is 400 g/mol. The van der Waals surface area contributed by atoms with Crippen LogP contribution in [0.4, 0.5) is 14.5 Å². The molecule has 1 fully saturated rings. The maximum Gasteiger partial charge on any atom is 0.250 e. The molecule has 0 aliphatic heterocycles. The van der Waals surface area contributed by atoms with Gasteiger partial charge in [0, 0.05) is 41.3 Å². The minimum atomic E-state index is -0.585. The van der Waals surface area contributed by atoms with Crippen molar-refractivity contribution in [1.29, 1.82) is 0 Å². The van der Waals surface area contributed by atoms with Crippen LogP contribution in [0, 0.1) is 11.6 Å². The van der Waals surface area contributed by atoms with E-state index < -0.39 is 17.5 Å². The summed E-state index contributed by atoms with van der Waals surface area (Å²) in [6, 6.07) is 12.8. The van der Waals surface area contributed by atoms with Crippen molar-refractivity contribution in [2.24, 2.45) is 5.73 Å². The van der Waals surface area contributed by atoms with Gasteiger partial charge in [-0.2, -0.15) is 0 Å². The third-order valence-electron chi connectivity index (χ3n) is 5.86. The molecule has 0 saturated heterocycles. The number of aromatic nitrogens is 1. The number of rotatable bonds is 6. The first-order valence-electron chi connectivity index (χ1n) is 10.4. The topological polar surface area (TPSA) is 80.3 Å². The monoisotopic (exact) mass is 425 g/mol. The Bertz CT molecular complexity index is 1070. The highest BCUT2D eigenvalue weighted by Crippen LogP contribution is 2.27. The molecular formula is C24H25F2N3O2. The average molecular weight is 425 g/mol. The minimum absolute atomic E-state index is 0.00955. The number of amides is 1. The van der Waals surface area contributed by atoms with E-state index in [0.29, 0.717) is 29.8 Å². The Kier molecular flexibility index (Phi) is 6.04. The van der Waals surface area contributed by atoms with Crippen LogP contribution < -0.4 is 11.1 Å². The number of carbonyl (C=O) groups excluding carboxylic acids is 1. The number of nitrogens with two attached hydrogens (primary N) is 1. The lowest BCUT2D eigenvalue weighted by Gasteiger charge is -2.28. The van der Waals surface area contributed by atoms with Gasteiger partial charge < -0.3 is 20.7 Å². The molecule has 2 aromatic carbocycles. The summed E-state index contributed by atoms with van der Waals surface area (Å²) < 4.78 is 30.1. The van der Waals surface area contributed by atoms with Crippen molar-refractivity contribution in [1.82, 2.24) is 4.57 Å². The van der Waals surface area contributed by atoms with Gasteiger partial charge in [-0.15, -0.1) is 0 Å². The van der Waals surface area contributed by atoms with Crippen molar-refractivity contribution >= 4 is 11.6 Å². The van der Waals surface area contributed by atoms with Gasteiger partial charge in [-0.1, -0.05) is 6.07 Å². The second-order valence-corrected chi connectivity index (χ2v) is 7.99. The number of halogens is 2. The molecule has 1 amide bonds. The predicted octanol–water partition coefficient (Wildman–Crippen LogP) is 4.16. The lowest BCUT2D eigenvalue weighted by Crippen LogP contribution is -2.29. The van der Waals surface area contributed by atoms with Crippen LogP contribution in [-0.2, 0) is 6.42 Å². The van der Waals surface area contributed by atoms with Crippen molar-refractivity contribution in [2.75, 3.05) is 5.32 Å². The minimum Gasteiger partial charge on any atom is -0.393 e. The molecule has 0 unspecified atom stereocenters. The molecule has 1 aliphatic carbocycles. The summed E-state index contributed by atoms with van der Waals surface area (Å²) in [6.45, 7) is 0. The van der Waals surface area contributed by atoms with Crippen molar-refractivity contribution in [3.63, 3.8) is 0 Å². The van der Waals surface area contributed by atoms with Crippen LogP contribution in [0.25, 0.3) is 5.69 Å². The van der Waals surface area contributed by atoms with Gasteiger partial charge >= 0.3 is 0 Å². The van der Waals surface area contributed by atoms with E-state index in [1.807, 2.05) is 29.0 Å². The van der Waals surface area contributed by atoms with Crippen LogP contribution in [-0.4, -0.2) is 27.7 Å². The molecule has 1 aliphatic rings. The normalized spacial score (nSPS) is 18.7. The van der Waals surface area contributed by atoms with Crippen molar-refractivity contribution in [2.45, 2.75) is 44.2 Å². The van der Waals surface area contributed by atoms with E-state index in [1.165, 1.54) is 18.2 Å². The molecule has 7 heteroatoms. The number of aliphatic hydroxyl groups is 1. The van der Waals surface area contributed by atoms with Crippen LogP contribution >= 0.6 is 0 Å². The van der Waals surface area contributed by atoms with Gasteiger partial charge in [0.15, 0.2) is 0 Å². The zero-order valence-electron chi connectivity index (χ0n) is 17.0. The highest BCUT2D eigenvalue weighted by Gasteiger charge is 2.21. The number of carbonyl (C=O) groups is 1. The molecule has 31 heavy (non-hydrogen) atoms. The Labute approximate surface area is 179 Å². The summed E-state index contributed by atoms with van der Waals surface area (Å²) in [5.74, 6) is -1.71. The van der Waals surface area contributed by atoms with E-state index >= 15 is 0 Å². The molecule has 0 atom stereocenters. The first-order chi connectivity index (χ1) is 14.9. The Hall–Kier alpha value is -3.19.